The minimum Gasteiger partial charge on any atom is -0.372 e. The van der Waals surface area contributed by atoms with Crippen LogP contribution in [0.5, 0.6) is 0 Å². The van der Waals surface area contributed by atoms with Gasteiger partial charge in [-0.1, -0.05) is 66.7 Å². The van der Waals surface area contributed by atoms with Crippen LogP contribution in [0.25, 0.3) is 16.7 Å². The van der Waals surface area contributed by atoms with Crippen molar-refractivity contribution in [1.82, 2.24) is 0 Å². The molecule has 0 saturated carbocycles. The second-order valence-electron chi connectivity index (χ2n) is 7.61. The van der Waals surface area contributed by atoms with Gasteiger partial charge < -0.3 is 4.90 Å². The van der Waals surface area contributed by atoms with Crippen molar-refractivity contribution in [3.63, 3.8) is 0 Å². The minimum absolute atomic E-state index is 0.00407. The third kappa shape index (κ3) is 5.29. The number of anilines is 1. The Hall–Kier alpha value is -5.10. The molecule has 3 rings (SSSR count). The van der Waals surface area contributed by atoms with E-state index < -0.39 is 0 Å². The quantitative estimate of drug-likeness (QED) is 0.514. The molecule has 0 saturated heterocycles. The van der Waals surface area contributed by atoms with Gasteiger partial charge in [0.05, 0.1) is 0 Å². The SMILES string of the molecule is CCN(CC)c1ccc(C(C(=C(C#N)C#N)c2ccccc2)=c2ccc(=C(C#N)C#N)cc2)cc1. The zero-order chi connectivity index (χ0) is 25.2. The fraction of sp³-hybridized carbons (Fsp3) is 0.133. The van der Waals surface area contributed by atoms with Crippen molar-refractivity contribution < 1.29 is 0 Å². The maximum absolute atomic E-state index is 9.84. The average molecular weight is 454 g/mol. The molecule has 0 N–H and O–H groups in total. The predicted molar refractivity (Wildman–Crippen MR) is 137 cm³/mol. The molecule has 3 aromatic carbocycles. The Morgan fingerprint density at radius 2 is 1.17 bits per heavy atom. The number of hydrogen-bond donors (Lipinski definition) is 0. The molecule has 0 heterocycles. The second kappa shape index (κ2) is 11.7. The Kier molecular flexibility index (Phi) is 8.18. The zero-order valence-electron chi connectivity index (χ0n) is 19.7. The van der Waals surface area contributed by atoms with Crippen molar-refractivity contribution in [2.45, 2.75) is 13.8 Å². The number of hydrogen-bond acceptors (Lipinski definition) is 5. The number of nitriles is 4. The highest BCUT2D eigenvalue weighted by Gasteiger charge is 2.17. The Balaban J connectivity index is 2.42. The first-order valence-corrected chi connectivity index (χ1v) is 11.2. The van der Waals surface area contributed by atoms with Gasteiger partial charge in [-0.15, -0.1) is 0 Å². The highest BCUT2D eigenvalue weighted by Crippen LogP contribution is 2.33. The summed E-state index contributed by atoms with van der Waals surface area (Å²) in [7, 11) is 0. The molecular weight excluding hydrogens is 430 g/mol. The van der Waals surface area contributed by atoms with Crippen molar-refractivity contribution in [3.05, 3.63) is 106 Å². The Bertz CT molecular complexity index is 1480. The van der Waals surface area contributed by atoms with E-state index in [1.165, 1.54) is 0 Å². The van der Waals surface area contributed by atoms with E-state index >= 15 is 0 Å². The van der Waals surface area contributed by atoms with Crippen LogP contribution >= 0.6 is 0 Å². The lowest BCUT2D eigenvalue weighted by Gasteiger charge is -2.22. The Morgan fingerprint density at radius 3 is 1.66 bits per heavy atom. The fourth-order valence-electron chi connectivity index (χ4n) is 4.00. The summed E-state index contributed by atoms with van der Waals surface area (Å²) in [6.45, 7) is 5.97. The van der Waals surface area contributed by atoms with Gasteiger partial charge in [0.1, 0.15) is 35.4 Å². The maximum Gasteiger partial charge on any atom is 0.138 e. The second-order valence-corrected chi connectivity index (χ2v) is 7.61. The number of rotatable bonds is 6. The van der Waals surface area contributed by atoms with E-state index in [-0.39, 0.29) is 11.1 Å². The molecule has 3 aromatic rings. The molecule has 0 radical (unpaired) electrons. The summed E-state index contributed by atoms with van der Waals surface area (Å²) in [5, 5.41) is 39.4. The standard InChI is InChI=1S/C30H23N5/c1-3-35(4-2)28-16-14-25(15-17-28)29(24-12-10-22(11-13-24)26(18-31)19-32)30(27(20-33)21-34)23-8-6-5-7-9-23/h5-17H,3-4H2,1-2H3. The lowest BCUT2D eigenvalue weighted by Crippen LogP contribution is -2.21. The first-order valence-electron chi connectivity index (χ1n) is 11.2. The molecule has 0 aliphatic carbocycles. The molecule has 0 unspecified atom stereocenters. The van der Waals surface area contributed by atoms with E-state index in [1.807, 2.05) is 78.9 Å². The Morgan fingerprint density at radius 1 is 0.629 bits per heavy atom. The van der Waals surface area contributed by atoms with Crippen LogP contribution in [0.4, 0.5) is 5.69 Å². The zero-order valence-corrected chi connectivity index (χ0v) is 19.7. The monoisotopic (exact) mass is 453 g/mol. The third-order valence-corrected chi connectivity index (χ3v) is 5.76. The molecule has 168 valence electrons. The van der Waals surface area contributed by atoms with Crippen LogP contribution < -0.4 is 15.3 Å². The maximum atomic E-state index is 9.84. The first-order chi connectivity index (χ1) is 17.1. The summed E-state index contributed by atoms with van der Waals surface area (Å²) in [5.41, 5.74) is 3.96. The lowest BCUT2D eigenvalue weighted by molar-refractivity contribution is 0.866. The van der Waals surface area contributed by atoms with E-state index in [4.69, 9.17) is 0 Å². The summed E-state index contributed by atoms with van der Waals surface area (Å²) >= 11 is 0. The molecular formula is C30H23N5. The van der Waals surface area contributed by atoms with Gasteiger partial charge >= 0.3 is 0 Å². The van der Waals surface area contributed by atoms with Gasteiger partial charge in [0.2, 0.25) is 0 Å². The number of nitrogens with zero attached hydrogens (tertiary/aromatic N) is 5. The third-order valence-electron chi connectivity index (χ3n) is 5.76. The first kappa shape index (κ1) is 24.5. The highest BCUT2D eigenvalue weighted by molar-refractivity contribution is 6.07. The lowest BCUT2D eigenvalue weighted by atomic mass is 9.87. The van der Waals surface area contributed by atoms with Gasteiger partial charge in [0.25, 0.3) is 0 Å². The van der Waals surface area contributed by atoms with Crippen molar-refractivity contribution >= 4 is 22.4 Å². The molecule has 0 fully saturated rings. The van der Waals surface area contributed by atoms with Crippen molar-refractivity contribution in [2.75, 3.05) is 18.0 Å². The topological polar surface area (TPSA) is 98.4 Å². The molecule has 35 heavy (non-hydrogen) atoms. The van der Waals surface area contributed by atoms with Crippen LogP contribution in [-0.4, -0.2) is 13.1 Å². The molecule has 0 spiro atoms. The van der Waals surface area contributed by atoms with Crippen molar-refractivity contribution in [1.29, 1.82) is 21.0 Å². The van der Waals surface area contributed by atoms with Crippen LogP contribution in [0.15, 0.2) is 84.4 Å². The van der Waals surface area contributed by atoms with Crippen LogP contribution in [-0.2, 0) is 0 Å². The van der Waals surface area contributed by atoms with E-state index in [0.717, 1.165) is 40.7 Å². The smallest absolute Gasteiger partial charge is 0.138 e. The number of allylic oxidation sites excluding steroid dienone is 2. The molecule has 0 atom stereocenters. The normalized spacial score (nSPS) is 9.54. The molecule has 0 bridgehead atoms. The summed E-state index contributed by atoms with van der Waals surface area (Å²) in [6, 6.07) is 32.4. The minimum atomic E-state index is 0.00407. The van der Waals surface area contributed by atoms with Gasteiger partial charge in [0, 0.05) is 29.6 Å². The van der Waals surface area contributed by atoms with E-state index in [0.29, 0.717) is 10.8 Å². The molecule has 0 aromatic heterocycles. The van der Waals surface area contributed by atoms with Crippen molar-refractivity contribution in [3.8, 4) is 24.3 Å². The molecule has 5 heteroatoms. The fourth-order valence-corrected chi connectivity index (χ4v) is 4.00. The highest BCUT2D eigenvalue weighted by atomic mass is 15.1. The van der Waals surface area contributed by atoms with Crippen LogP contribution in [0.2, 0.25) is 0 Å². The van der Waals surface area contributed by atoms with Crippen molar-refractivity contribution in [2.24, 2.45) is 0 Å². The van der Waals surface area contributed by atoms with E-state index in [2.05, 4.69) is 30.9 Å². The van der Waals surface area contributed by atoms with E-state index in [1.54, 1.807) is 12.1 Å². The summed E-state index contributed by atoms with van der Waals surface area (Å²) < 4.78 is 0. The molecule has 0 aliphatic rings. The molecule has 0 aliphatic heterocycles. The van der Waals surface area contributed by atoms with Gasteiger partial charge in [-0.2, -0.15) is 21.0 Å². The van der Waals surface area contributed by atoms with Gasteiger partial charge in [-0.25, -0.2) is 0 Å². The Labute approximate surface area is 205 Å². The largest absolute Gasteiger partial charge is 0.372 e. The van der Waals surface area contributed by atoms with Gasteiger partial charge in [-0.05, 0) is 47.9 Å². The van der Waals surface area contributed by atoms with Crippen LogP contribution in [0.1, 0.15) is 25.0 Å². The van der Waals surface area contributed by atoms with Gasteiger partial charge in [-0.3, -0.25) is 0 Å². The predicted octanol–water partition coefficient (Wildman–Crippen LogP) is 4.43. The van der Waals surface area contributed by atoms with Crippen LogP contribution in [0.3, 0.4) is 0 Å². The van der Waals surface area contributed by atoms with Crippen LogP contribution in [0, 0.1) is 45.3 Å². The summed E-state index contributed by atoms with van der Waals surface area (Å²) in [6.07, 6.45) is 0. The summed E-state index contributed by atoms with van der Waals surface area (Å²) in [5.74, 6) is 0. The number of benzene rings is 3. The average Bonchev–Trinajstić information content (AvgIpc) is 2.92. The van der Waals surface area contributed by atoms with Gasteiger partial charge in [0.15, 0.2) is 0 Å². The van der Waals surface area contributed by atoms with E-state index in [9.17, 15) is 21.0 Å². The molecule has 0 amide bonds. The summed E-state index contributed by atoms with van der Waals surface area (Å²) in [4.78, 5) is 2.24. The molecule has 5 nitrogen and oxygen atoms in total.